The van der Waals surface area contributed by atoms with Crippen molar-refractivity contribution in [3.05, 3.63) is 59.7 Å². The molecule has 6 heteroatoms. The third-order valence-corrected chi connectivity index (χ3v) is 4.33. The number of fused-ring (bicyclic) bond motifs is 1. The van der Waals surface area contributed by atoms with Crippen molar-refractivity contribution in [1.29, 1.82) is 0 Å². The lowest BCUT2D eigenvalue weighted by Crippen LogP contribution is -2.40. The number of nitrogens with one attached hydrogen (secondary N) is 1. The van der Waals surface area contributed by atoms with Crippen LogP contribution in [0.25, 0.3) is 0 Å². The van der Waals surface area contributed by atoms with Crippen molar-refractivity contribution in [2.45, 2.75) is 25.7 Å². The molecule has 0 spiro atoms. The number of hydrogen-bond donors (Lipinski definition) is 2. The Morgan fingerprint density at radius 1 is 1.08 bits per heavy atom. The fraction of sp³-hybridized carbons (Fsp3) is 0.250. The number of anilines is 2. The molecule has 2 aromatic rings. The maximum atomic E-state index is 12.4. The average Bonchev–Trinajstić information content (AvgIpc) is 2.63. The van der Waals surface area contributed by atoms with Crippen LogP contribution in [0.1, 0.15) is 24.0 Å². The molecule has 1 aliphatic rings. The number of carboxylic acid groups (broad SMARTS) is 1. The molecule has 0 atom stereocenters. The first-order valence-corrected chi connectivity index (χ1v) is 8.52. The number of carbonyl (C=O) groups is 3. The van der Waals surface area contributed by atoms with Crippen LogP contribution in [0, 0.1) is 0 Å². The van der Waals surface area contributed by atoms with Gasteiger partial charge in [-0.25, -0.2) is 0 Å². The van der Waals surface area contributed by atoms with Crippen molar-refractivity contribution in [2.75, 3.05) is 16.8 Å². The number of para-hydroxylation sites is 1. The van der Waals surface area contributed by atoms with Crippen LogP contribution < -0.4 is 10.2 Å². The Morgan fingerprint density at radius 3 is 2.69 bits per heavy atom. The summed E-state index contributed by atoms with van der Waals surface area (Å²) in [6.45, 7) is -0.0464. The van der Waals surface area contributed by atoms with Gasteiger partial charge < -0.3 is 15.3 Å². The number of aliphatic carboxylic acids is 1. The molecule has 0 saturated heterocycles. The van der Waals surface area contributed by atoms with E-state index in [4.69, 9.17) is 5.11 Å². The second-order valence-electron chi connectivity index (χ2n) is 6.25. The van der Waals surface area contributed by atoms with E-state index in [0.29, 0.717) is 24.9 Å². The molecule has 134 valence electrons. The first-order valence-electron chi connectivity index (χ1n) is 8.52. The SMILES string of the molecule is O=C(O)CCc1cccc(NC(=O)CN2C(=O)CCc3ccccc32)c1. The number of carbonyl (C=O) groups excluding carboxylic acids is 2. The summed E-state index contributed by atoms with van der Waals surface area (Å²) >= 11 is 0. The largest absolute Gasteiger partial charge is 0.481 e. The van der Waals surface area contributed by atoms with Crippen molar-refractivity contribution < 1.29 is 19.5 Å². The van der Waals surface area contributed by atoms with Gasteiger partial charge in [0.25, 0.3) is 0 Å². The van der Waals surface area contributed by atoms with E-state index < -0.39 is 5.97 Å². The fourth-order valence-corrected chi connectivity index (χ4v) is 3.07. The second-order valence-corrected chi connectivity index (χ2v) is 6.25. The summed E-state index contributed by atoms with van der Waals surface area (Å²) in [6, 6.07) is 14.7. The van der Waals surface area contributed by atoms with Crippen LogP contribution in [0.3, 0.4) is 0 Å². The Balaban J connectivity index is 1.67. The first-order chi connectivity index (χ1) is 12.5. The first kappa shape index (κ1) is 17.7. The molecule has 2 aromatic carbocycles. The number of carboxylic acids is 1. The molecular weight excluding hydrogens is 332 g/mol. The molecule has 0 unspecified atom stereocenters. The van der Waals surface area contributed by atoms with Gasteiger partial charge >= 0.3 is 5.97 Å². The molecule has 1 heterocycles. The van der Waals surface area contributed by atoms with Gasteiger partial charge in [-0.15, -0.1) is 0 Å². The van der Waals surface area contributed by atoms with E-state index in [1.165, 1.54) is 4.90 Å². The summed E-state index contributed by atoms with van der Waals surface area (Å²) < 4.78 is 0. The number of hydrogen-bond acceptors (Lipinski definition) is 3. The molecule has 0 bridgehead atoms. The van der Waals surface area contributed by atoms with Crippen LogP contribution >= 0.6 is 0 Å². The monoisotopic (exact) mass is 352 g/mol. The minimum Gasteiger partial charge on any atom is -0.481 e. The van der Waals surface area contributed by atoms with Crippen LogP contribution in [0.15, 0.2) is 48.5 Å². The molecule has 0 fully saturated rings. The van der Waals surface area contributed by atoms with Crippen molar-refractivity contribution in [1.82, 2.24) is 0 Å². The van der Waals surface area contributed by atoms with Crippen LogP contribution in [0.2, 0.25) is 0 Å². The second kappa shape index (κ2) is 7.82. The van der Waals surface area contributed by atoms with E-state index in [9.17, 15) is 14.4 Å². The van der Waals surface area contributed by atoms with E-state index in [1.807, 2.05) is 30.3 Å². The summed E-state index contributed by atoms with van der Waals surface area (Å²) in [6.07, 6.45) is 1.53. The topological polar surface area (TPSA) is 86.7 Å². The van der Waals surface area contributed by atoms with E-state index in [-0.39, 0.29) is 24.8 Å². The lowest BCUT2D eigenvalue weighted by molar-refractivity contribution is -0.137. The van der Waals surface area contributed by atoms with Gasteiger partial charge in [0.05, 0.1) is 0 Å². The van der Waals surface area contributed by atoms with Crippen molar-refractivity contribution in [3.63, 3.8) is 0 Å². The van der Waals surface area contributed by atoms with E-state index >= 15 is 0 Å². The Labute approximate surface area is 151 Å². The maximum Gasteiger partial charge on any atom is 0.303 e. The highest BCUT2D eigenvalue weighted by Crippen LogP contribution is 2.27. The molecule has 2 N–H and O–H groups in total. The minimum absolute atomic E-state index is 0.0382. The molecule has 0 radical (unpaired) electrons. The van der Waals surface area contributed by atoms with Crippen LogP contribution in [-0.4, -0.2) is 29.4 Å². The zero-order valence-electron chi connectivity index (χ0n) is 14.3. The summed E-state index contributed by atoms with van der Waals surface area (Å²) in [7, 11) is 0. The summed E-state index contributed by atoms with van der Waals surface area (Å²) in [5.41, 5.74) is 3.28. The number of rotatable bonds is 6. The van der Waals surface area contributed by atoms with E-state index in [1.54, 1.807) is 18.2 Å². The summed E-state index contributed by atoms with van der Waals surface area (Å²) in [5.74, 6) is -1.21. The molecule has 6 nitrogen and oxygen atoms in total. The molecule has 0 saturated carbocycles. The van der Waals surface area contributed by atoms with Crippen molar-refractivity contribution in [3.8, 4) is 0 Å². The molecule has 0 aliphatic carbocycles. The van der Waals surface area contributed by atoms with Crippen molar-refractivity contribution in [2.24, 2.45) is 0 Å². The molecule has 26 heavy (non-hydrogen) atoms. The summed E-state index contributed by atoms with van der Waals surface area (Å²) in [5, 5.41) is 11.6. The van der Waals surface area contributed by atoms with Gasteiger partial charge in [-0.3, -0.25) is 14.4 Å². The van der Waals surface area contributed by atoms with Gasteiger partial charge in [-0.05, 0) is 42.2 Å². The third kappa shape index (κ3) is 4.27. The average molecular weight is 352 g/mol. The van der Waals surface area contributed by atoms with Gasteiger partial charge in [0.1, 0.15) is 6.54 Å². The van der Waals surface area contributed by atoms with Crippen LogP contribution in [0.4, 0.5) is 11.4 Å². The normalized spacial score (nSPS) is 13.2. The Morgan fingerprint density at radius 2 is 1.88 bits per heavy atom. The minimum atomic E-state index is -0.860. The predicted molar refractivity (Wildman–Crippen MR) is 98.1 cm³/mol. The smallest absolute Gasteiger partial charge is 0.303 e. The molecule has 2 amide bonds. The van der Waals surface area contributed by atoms with Gasteiger partial charge in [0.2, 0.25) is 11.8 Å². The Kier molecular flexibility index (Phi) is 5.31. The third-order valence-electron chi connectivity index (χ3n) is 4.33. The van der Waals surface area contributed by atoms with Gasteiger partial charge in [-0.2, -0.15) is 0 Å². The van der Waals surface area contributed by atoms with Gasteiger partial charge in [0, 0.05) is 24.2 Å². The lowest BCUT2D eigenvalue weighted by Gasteiger charge is -2.28. The summed E-state index contributed by atoms with van der Waals surface area (Å²) in [4.78, 5) is 36.8. The zero-order chi connectivity index (χ0) is 18.5. The molecule has 3 rings (SSSR count). The quantitative estimate of drug-likeness (QED) is 0.837. The highest BCUT2D eigenvalue weighted by Gasteiger charge is 2.25. The highest BCUT2D eigenvalue weighted by atomic mass is 16.4. The van der Waals surface area contributed by atoms with E-state index in [0.717, 1.165) is 16.8 Å². The molecule has 0 aromatic heterocycles. The van der Waals surface area contributed by atoms with Crippen molar-refractivity contribution >= 4 is 29.2 Å². The van der Waals surface area contributed by atoms with Crippen LogP contribution in [-0.2, 0) is 27.2 Å². The molecular formula is C20H20N2O4. The number of benzene rings is 2. The van der Waals surface area contributed by atoms with Crippen LogP contribution in [0.5, 0.6) is 0 Å². The number of aryl methyl sites for hydroxylation is 2. The molecule has 1 aliphatic heterocycles. The Bertz CT molecular complexity index is 847. The number of amides is 2. The standard InChI is InChI=1S/C20H20N2O4/c23-18(21-16-6-3-4-14(12-16)8-11-20(25)26)13-22-17-7-2-1-5-15(17)9-10-19(22)24/h1-7,12H,8-11,13H2,(H,21,23)(H,25,26). The maximum absolute atomic E-state index is 12.4. The van der Waals surface area contributed by atoms with Gasteiger partial charge in [0.15, 0.2) is 0 Å². The van der Waals surface area contributed by atoms with E-state index in [2.05, 4.69) is 5.32 Å². The zero-order valence-corrected chi connectivity index (χ0v) is 14.3. The number of nitrogens with zero attached hydrogens (tertiary/aromatic N) is 1. The lowest BCUT2D eigenvalue weighted by atomic mass is 10.0. The Hall–Kier alpha value is -3.15. The highest BCUT2D eigenvalue weighted by molar-refractivity contribution is 6.04. The van der Waals surface area contributed by atoms with Gasteiger partial charge in [-0.1, -0.05) is 30.3 Å². The predicted octanol–water partition coefficient (Wildman–Crippen LogP) is 2.62. The fourth-order valence-electron chi connectivity index (χ4n) is 3.07.